The lowest BCUT2D eigenvalue weighted by Gasteiger charge is -2.11. The van der Waals surface area contributed by atoms with Gasteiger partial charge in [-0.2, -0.15) is 0 Å². The number of hydrogen-bond donors (Lipinski definition) is 2. The van der Waals surface area contributed by atoms with Crippen LogP contribution >= 0.6 is 0 Å². The molecule has 0 bridgehead atoms. The molecule has 0 heterocycles. The van der Waals surface area contributed by atoms with Crippen LogP contribution in [0, 0.1) is 6.92 Å². The fraction of sp³-hybridized carbons (Fsp3) is 0.500. The first-order valence-corrected chi connectivity index (χ1v) is 6.31. The standard InChI is InChI=1S/C14H22N2O2/c1-4-18-12-6-7-13(10(2)9-12)16-14(17)8-5-11(3)15/h6-7,9,11H,4-5,8,15H2,1-3H3,(H,16,17). The summed E-state index contributed by atoms with van der Waals surface area (Å²) >= 11 is 0. The summed E-state index contributed by atoms with van der Waals surface area (Å²) in [6.45, 7) is 6.43. The SMILES string of the molecule is CCOc1ccc(NC(=O)CCC(C)N)c(C)c1. The van der Waals surface area contributed by atoms with Gasteiger partial charge in [-0.15, -0.1) is 0 Å². The van der Waals surface area contributed by atoms with E-state index in [1.807, 2.05) is 39.0 Å². The summed E-state index contributed by atoms with van der Waals surface area (Å²) in [5.41, 5.74) is 7.44. The van der Waals surface area contributed by atoms with E-state index in [0.717, 1.165) is 17.0 Å². The molecule has 4 heteroatoms. The second kappa shape index (κ2) is 7.01. The monoisotopic (exact) mass is 250 g/mol. The summed E-state index contributed by atoms with van der Waals surface area (Å²) < 4.78 is 5.40. The van der Waals surface area contributed by atoms with Crippen molar-refractivity contribution in [3.8, 4) is 5.75 Å². The zero-order valence-corrected chi connectivity index (χ0v) is 11.3. The van der Waals surface area contributed by atoms with Crippen molar-refractivity contribution in [3.63, 3.8) is 0 Å². The van der Waals surface area contributed by atoms with Crippen LogP contribution in [-0.2, 0) is 4.79 Å². The molecule has 18 heavy (non-hydrogen) atoms. The van der Waals surface area contributed by atoms with Gasteiger partial charge in [0.1, 0.15) is 5.75 Å². The molecule has 0 aromatic heterocycles. The van der Waals surface area contributed by atoms with E-state index >= 15 is 0 Å². The normalized spacial score (nSPS) is 12.0. The number of nitrogens with one attached hydrogen (secondary N) is 1. The second-order valence-corrected chi connectivity index (χ2v) is 4.47. The summed E-state index contributed by atoms with van der Waals surface area (Å²) in [6, 6.07) is 5.70. The van der Waals surface area contributed by atoms with E-state index in [9.17, 15) is 4.79 Å². The highest BCUT2D eigenvalue weighted by Gasteiger charge is 2.06. The van der Waals surface area contributed by atoms with Gasteiger partial charge < -0.3 is 15.8 Å². The van der Waals surface area contributed by atoms with Crippen molar-refractivity contribution >= 4 is 11.6 Å². The van der Waals surface area contributed by atoms with E-state index in [4.69, 9.17) is 10.5 Å². The van der Waals surface area contributed by atoms with Gasteiger partial charge in [-0.3, -0.25) is 4.79 Å². The van der Waals surface area contributed by atoms with Crippen molar-refractivity contribution in [2.24, 2.45) is 5.73 Å². The Morgan fingerprint density at radius 3 is 2.78 bits per heavy atom. The van der Waals surface area contributed by atoms with E-state index in [0.29, 0.717) is 19.4 Å². The van der Waals surface area contributed by atoms with Gasteiger partial charge in [-0.25, -0.2) is 0 Å². The molecular formula is C14H22N2O2. The van der Waals surface area contributed by atoms with E-state index < -0.39 is 0 Å². The molecule has 0 aliphatic carbocycles. The van der Waals surface area contributed by atoms with Crippen LogP contribution in [-0.4, -0.2) is 18.6 Å². The molecule has 0 saturated heterocycles. The first-order valence-electron chi connectivity index (χ1n) is 6.31. The van der Waals surface area contributed by atoms with Gasteiger partial charge in [0.15, 0.2) is 0 Å². The number of carbonyl (C=O) groups excluding carboxylic acids is 1. The second-order valence-electron chi connectivity index (χ2n) is 4.47. The number of hydrogen-bond acceptors (Lipinski definition) is 3. The van der Waals surface area contributed by atoms with E-state index in [-0.39, 0.29) is 11.9 Å². The molecule has 1 rings (SSSR count). The van der Waals surface area contributed by atoms with Crippen molar-refractivity contribution in [1.82, 2.24) is 0 Å². The fourth-order valence-electron chi connectivity index (χ4n) is 1.60. The van der Waals surface area contributed by atoms with E-state index in [2.05, 4.69) is 5.32 Å². The fourth-order valence-corrected chi connectivity index (χ4v) is 1.60. The Balaban J connectivity index is 2.59. The van der Waals surface area contributed by atoms with Crippen molar-refractivity contribution < 1.29 is 9.53 Å². The van der Waals surface area contributed by atoms with Gasteiger partial charge in [0, 0.05) is 18.2 Å². The minimum Gasteiger partial charge on any atom is -0.494 e. The summed E-state index contributed by atoms with van der Waals surface area (Å²) in [6.07, 6.45) is 1.15. The topological polar surface area (TPSA) is 64.3 Å². The third-order valence-electron chi connectivity index (χ3n) is 2.61. The minimum absolute atomic E-state index is 0.000408. The first-order chi connectivity index (χ1) is 8.52. The molecule has 1 aromatic rings. The highest BCUT2D eigenvalue weighted by molar-refractivity contribution is 5.91. The summed E-state index contributed by atoms with van der Waals surface area (Å²) in [5.74, 6) is 0.822. The average Bonchev–Trinajstić information content (AvgIpc) is 2.30. The number of nitrogens with two attached hydrogens (primary N) is 1. The first kappa shape index (κ1) is 14.5. The van der Waals surface area contributed by atoms with Crippen molar-refractivity contribution in [3.05, 3.63) is 23.8 Å². The minimum atomic E-state index is -0.000408. The van der Waals surface area contributed by atoms with E-state index in [1.54, 1.807) is 0 Å². The molecule has 0 aliphatic heterocycles. The third-order valence-corrected chi connectivity index (χ3v) is 2.61. The maximum absolute atomic E-state index is 11.7. The van der Waals surface area contributed by atoms with Crippen LogP contribution in [0.4, 0.5) is 5.69 Å². The Labute approximate surface area is 109 Å². The van der Waals surface area contributed by atoms with Crippen LogP contribution < -0.4 is 15.8 Å². The molecule has 0 radical (unpaired) electrons. The van der Waals surface area contributed by atoms with Crippen LogP contribution in [0.1, 0.15) is 32.3 Å². The Bertz CT molecular complexity index is 403. The largest absolute Gasteiger partial charge is 0.494 e. The van der Waals surface area contributed by atoms with Crippen LogP contribution in [0.3, 0.4) is 0 Å². The van der Waals surface area contributed by atoms with Crippen molar-refractivity contribution in [1.29, 1.82) is 0 Å². The van der Waals surface area contributed by atoms with Crippen molar-refractivity contribution in [2.75, 3.05) is 11.9 Å². The number of ether oxygens (including phenoxy) is 1. The Morgan fingerprint density at radius 2 is 2.22 bits per heavy atom. The molecule has 0 aliphatic rings. The predicted molar refractivity (Wildman–Crippen MR) is 73.9 cm³/mol. The number of carbonyl (C=O) groups is 1. The number of benzene rings is 1. The molecule has 100 valence electrons. The summed E-state index contributed by atoms with van der Waals surface area (Å²) in [5, 5.41) is 2.88. The number of amides is 1. The lowest BCUT2D eigenvalue weighted by molar-refractivity contribution is -0.116. The molecular weight excluding hydrogens is 228 g/mol. The molecule has 0 fully saturated rings. The van der Waals surface area contributed by atoms with Crippen LogP contribution in [0.25, 0.3) is 0 Å². The molecule has 1 unspecified atom stereocenters. The lowest BCUT2D eigenvalue weighted by Crippen LogP contribution is -2.19. The number of rotatable bonds is 6. The Kier molecular flexibility index (Phi) is 5.65. The van der Waals surface area contributed by atoms with Crippen LogP contribution in [0.15, 0.2) is 18.2 Å². The zero-order chi connectivity index (χ0) is 13.5. The van der Waals surface area contributed by atoms with Gasteiger partial charge in [0.25, 0.3) is 0 Å². The van der Waals surface area contributed by atoms with Crippen molar-refractivity contribution in [2.45, 2.75) is 39.7 Å². The van der Waals surface area contributed by atoms with Crippen LogP contribution in [0.2, 0.25) is 0 Å². The number of anilines is 1. The molecule has 1 aromatic carbocycles. The highest BCUT2D eigenvalue weighted by Crippen LogP contribution is 2.21. The maximum atomic E-state index is 11.7. The molecule has 3 N–H and O–H groups in total. The Hall–Kier alpha value is -1.55. The lowest BCUT2D eigenvalue weighted by atomic mass is 10.1. The molecule has 4 nitrogen and oxygen atoms in total. The molecule has 0 spiro atoms. The number of aryl methyl sites for hydroxylation is 1. The van der Waals surface area contributed by atoms with Gasteiger partial charge in [0.2, 0.25) is 5.91 Å². The van der Waals surface area contributed by atoms with Gasteiger partial charge >= 0.3 is 0 Å². The third kappa shape index (κ3) is 4.75. The summed E-state index contributed by atoms with van der Waals surface area (Å²) in [7, 11) is 0. The Morgan fingerprint density at radius 1 is 1.50 bits per heavy atom. The molecule has 0 saturated carbocycles. The predicted octanol–water partition coefficient (Wildman–Crippen LogP) is 2.46. The van der Waals surface area contributed by atoms with E-state index in [1.165, 1.54) is 0 Å². The maximum Gasteiger partial charge on any atom is 0.224 e. The molecule has 1 atom stereocenters. The summed E-state index contributed by atoms with van der Waals surface area (Å²) in [4.78, 5) is 11.7. The smallest absolute Gasteiger partial charge is 0.224 e. The highest BCUT2D eigenvalue weighted by atomic mass is 16.5. The van der Waals surface area contributed by atoms with Crippen LogP contribution in [0.5, 0.6) is 5.75 Å². The van der Waals surface area contributed by atoms with Gasteiger partial charge in [0.05, 0.1) is 6.61 Å². The van der Waals surface area contributed by atoms with Gasteiger partial charge in [-0.05, 0) is 51.0 Å². The average molecular weight is 250 g/mol. The molecule has 1 amide bonds. The van der Waals surface area contributed by atoms with Gasteiger partial charge in [-0.1, -0.05) is 0 Å². The quantitative estimate of drug-likeness (QED) is 0.815. The zero-order valence-electron chi connectivity index (χ0n) is 11.3.